The molecule has 5 nitrogen and oxygen atoms in total. The van der Waals surface area contributed by atoms with E-state index in [4.69, 9.17) is 23.2 Å². The molecule has 3 aromatic rings. The summed E-state index contributed by atoms with van der Waals surface area (Å²) in [6.07, 6.45) is 1.44. The van der Waals surface area contributed by atoms with Gasteiger partial charge in [0.2, 0.25) is 5.91 Å². The summed E-state index contributed by atoms with van der Waals surface area (Å²) in [4.78, 5) is 21.0. The lowest BCUT2D eigenvalue weighted by Crippen LogP contribution is -2.23. The van der Waals surface area contributed by atoms with Gasteiger partial charge >= 0.3 is 0 Å². The largest absolute Gasteiger partial charge is 0.322 e. The molecule has 0 spiro atoms. The molecule has 0 radical (unpaired) electrons. The summed E-state index contributed by atoms with van der Waals surface area (Å²) in [6, 6.07) is 9.38. The second-order valence-electron chi connectivity index (χ2n) is 5.18. The topological polar surface area (TPSA) is 59.8 Å². The highest BCUT2D eigenvalue weighted by atomic mass is 35.5. The van der Waals surface area contributed by atoms with E-state index in [0.717, 1.165) is 16.2 Å². The summed E-state index contributed by atoms with van der Waals surface area (Å²) in [5, 5.41) is 3.84. The summed E-state index contributed by atoms with van der Waals surface area (Å²) in [6.45, 7) is 1.81. The lowest BCUT2D eigenvalue weighted by Gasteiger charge is -2.12. The summed E-state index contributed by atoms with van der Waals surface area (Å²) < 4.78 is 1.97. The summed E-state index contributed by atoms with van der Waals surface area (Å²) in [5.74, 6) is 0.0901. The van der Waals surface area contributed by atoms with E-state index in [2.05, 4.69) is 15.3 Å². The number of rotatable bonds is 4. The number of nitrogens with one attached hydrogen (secondary N) is 1. The smallest absolute Gasteiger partial charge is 0.238 e. The minimum atomic E-state index is -0.367. The molecule has 8 heteroatoms. The summed E-state index contributed by atoms with van der Waals surface area (Å²) in [7, 11) is 1.93. The van der Waals surface area contributed by atoms with Crippen LogP contribution in [0.4, 0.5) is 5.82 Å². The first-order chi connectivity index (χ1) is 11.5. The number of para-hydroxylation sites is 2. The first kappa shape index (κ1) is 17.1. The van der Waals surface area contributed by atoms with Gasteiger partial charge in [-0.05, 0) is 25.1 Å². The molecule has 1 amide bonds. The number of nitrogens with zero attached hydrogens (tertiary/aromatic N) is 3. The molecule has 1 aromatic carbocycles. The lowest BCUT2D eigenvalue weighted by atomic mass is 10.3. The standard InChI is InChI=1S/C16H14Cl2N4OS/c1-9(15(23)21-14-11(18)7-10(17)8-19-14)24-16-20-12-5-3-4-6-13(12)22(16)2/h3-9H,1-2H3,(H,19,21,23). The zero-order chi connectivity index (χ0) is 17.3. The van der Waals surface area contributed by atoms with E-state index in [1.54, 1.807) is 0 Å². The zero-order valence-electron chi connectivity index (χ0n) is 13.0. The number of imidazole rings is 1. The van der Waals surface area contributed by atoms with Crippen molar-refractivity contribution in [2.45, 2.75) is 17.3 Å². The number of benzene rings is 1. The van der Waals surface area contributed by atoms with Crippen molar-refractivity contribution in [1.29, 1.82) is 0 Å². The Bertz CT molecular complexity index is 912. The number of pyridine rings is 1. The van der Waals surface area contributed by atoms with Gasteiger partial charge in [0.05, 0.1) is 26.3 Å². The number of carbonyl (C=O) groups is 1. The molecule has 0 saturated heterocycles. The molecule has 2 aromatic heterocycles. The Morgan fingerprint density at radius 3 is 2.79 bits per heavy atom. The van der Waals surface area contributed by atoms with E-state index in [-0.39, 0.29) is 11.2 Å². The van der Waals surface area contributed by atoms with Gasteiger partial charge in [-0.25, -0.2) is 9.97 Å². The van der Waals surface area contributed by atoms with Crippen LogP contribution in [0.2, 0.25) is 10.0 Å². The van der Waals surface area contributed by atoms with Gasteiger partial charge in [0.1, 0.15) is 0 Å². The van der Waals surface area contributed by atoms with Gasteiger partial charge in [-0.2, -0.15) is 0 Å². The third-order valence-electron chi connectivity index (χ3n) is 3.45. The number of anilines is 1. The molecular formula is C16H14Cl2N4OS. The molecule has 0 bridgehead atoms. The van der Waals surface area contributed by atoms with Crippen LogP contribution < -0.4 is 5.32 Å². The number of thioether (sulfide) groups is 1. The molecular weight excluding hydrogens is 367 g/mol. The molecule has 1 unspecified atom stereocenters. The number of carbonyl (C=O) groups excluding carboxylic acids is 1. The molecule has 2 heterocycles. The zero-order valence-corrected chi connectivity index (χ0v) is 15.3. The van der Waals surface area contributed by atoms with Crippen molar-refractivity contribution < 1.29 is 4.79 Å². The molecule has 0 fully saturated rings. The maximum atomic E-state index is 12.4. The molecule has 0 aliphatic rings. The second-order valence-corrected chi connectivity index (χ2v) is 7.33. The van der Waals surface area contributed by atoms with Crippen LogP contribution in [-0.2, 0) is 11.8 Å². The Morgan fingerprint density at radius 1 is 1.33 bits per heavy atom. The number of aryl methyl sites for hydroxylation is 1. The molecule has 0 aliphatic carbocycles. The van der Waals surface area contributed by atoms with Crippen LogP contribution in [0.5, 0.6) is 0 Å². The number of hydrogen-bond acceptors (Lipinski definition) is 4. The normalized spacial score (nSPS) is 12.3. The van der Waals surface area contributed by atoms with Gasteiger partial charge in [-0.15, -0.1) is 0 Å². The van der Waals surface area contributed by atoms with Crippen molar-refractivity contribution in [3.8, 4) is 0 Å². The average molecular weight is 381 g/mol. The van der Waals surface area contributed by atoms with E-state index < -0.39 is 0 Å². The minimum absolute atomic E-state index is 0.205. The van der Waals surface area contributed by atoms with Crippen molar-refractivity contribution in [3.05, 3.63) is 46.6 Å². The van der Waals surface area contributed by atoms with Crippen LogP contribution in [-0.4, -0.2) is 25.7 Å². The van der Waals surface area contributed by atoms with E-state index in [0.29, 0.717) is 15.9 Å². The van der Waals surface area contributed by atoms with Gasteiger partial charge in [-0.3, -0.25) is 4.79 Å². The van der Waals surface area contributed by atoms with E-state index in [9.17, 15) is 4.79 Å². The lowest BCUT2D eigenvalue weighted by molar-refractivity contribution is -0.115. The Balaban J connectivity index is 1.74. The fraction of sp³-hybridized carbons (Fsp3) is 0.188. The fourth-order valence-electron chi connectivity index (χ4n) is 2.17. The fourth-order valence-corrected chi connectivity index (χ4v) is 3.48. The molecule has 1 N–H and O–H groups in total. The quantitative estimate of drug-likeness (QED) is 0.681. The average Bonchev–Trinajstić information content (AvgIpc) is 2.86. The highest BCUT2D eigenvalue weighted by molar-refractivity contribution is 8.00. The Kier molecular flexibility index (Phi) is 4.99. The van der Waals surface area contributed by atoms with E-state index in [1.165, 1.54) is 24.0 Å². The predicted octanol–water partition coefficient (Wildman–Crippen LogP) is 4.39. The first-order valence-corrected chi connectivity index (χ1v) is 8.79. The van der Waals surface area contributed by atoms with Gasteiger partial charge in [-0.1, -0.05) is 47.1 Å². The monoisotopic (exact) mass is 380 g/mol. The van der Waals surface area contributed by atoms with E-state index >= 15 is 0 Å². The van der Waals surface area contributed by atoms with Gasteiger partial charge in [0, 0.05) is 13.2 Å². The van der Waals surface area contributed by atoms with Crippen molar-refractivity contribution in [2.24, 2.45) is 7.05 Å². The number of amides is 1. The third kappa shape index (κ3) is 3.50. The van der Waals surface area contributed by atoms with Crippen molar-refractivity contribution in [2.75, 3.05) is 5.32 Å². The highest BCUT2D eigenvalue weighted by Gasteiger charge is 2.19. The van der Waals surface area contributed by atoms with Crippen LogP contribution in [0, 0.1) is 0 Å². The molecule has 124 valence electrons. The van der Waals surface area contributed by atoms with Crippen LogP contribution in [0.25, 0.3) is 11.0 Å². The second kappa shape index (κ2) is 7.01. The maximum Gasteiger partial charge on any atom is 0.238 e. The molecule has 3 rings (SSSR count). The molecule has 0 aliphatic heterocycles. The number of aromatic nitrogens is 3. The minimum Gasteiger partial charge on any atom is -0.322 e. The van der Waals surface area contributed by atoms with Crippen molar-refractivity contribution in [3.63, 3.8) is 0 Å². The van der Waals surface area contributed by atoms with Gasteiger partial charge in [0.25, 0.3) is 0 Å². The molecule has 24 heavy (non-hydrogen) atoms. The predicted molar refractivity (Wildman–Crippen MR) is 98.9 cm³/mol. The molecule has 1 atom stereocenters. The third-order valence-corrected chi connectivity index (χ3v) is 5.09. The summed E-state index contributed by atoms with van der Waals surface area (Å²) in [5.41, 5.74) is 1.92. The van der Waals surface area contributed by atoms with Crippen LogP contribution in [0.1, 0.15) is 6.92 Å². The highest BCUT2D eigenvalue weighted by Crippen LogP contribution is 2.28. The maximum absolute atomic E-state index is 12.4. The first-order valence-electron chi connectivity index (χ1n) is 7.15. The Hall–Kier alpha value is -1.76. The number of hydrogen-bond donors (Lipinski definition) is 1. The van der Waals surface area contributed by atoms with Gasteiger partial charge in [0.15, 0.2) is 11.0 Å². The molecule has 0 saturated carbocycles. The van der Waals surface area contributed by atoms with Crippen LogP contribution in [0.3, 0.4) is 0 Å². The SMILES string of the molecule is CC(Sc1nc2ccccc2n1C)C(=O)Nc1ncc(Cl)cc1Cl. The summed E-state index contributed by atoms with van der Waals surface area (Å²) >= 11 is 13.2. The van der Waals surface area contributed by atoms with Gasteiger partial charge < -0.3 is 9.88 Å². The van der Waals surface area contributed by atoms with E-state index in [1.807, 2.05) is 42.8 Å². The van der Waals surface area contributed by atoms with Crippen LogP contribution >= 0.6 is 35.0 Å². The number of fused-ring (bicyclic) bond motifs is 1. The van der Waals surface area contributed by atoms with Crippen molar-refractivity contribution in [1.82, 2.24) is 14.5 Å². The van der Waals surface area contributed by atoms with Crippen molar-refractivity contribution >= 4 is 57.7 Å². The Morgan fingerprint density at radius 2 is 2.08 bits per heavy atom. The Labute approximate surface area is 153 Å². The van der Waals surface area contributed by atoms with Crippen LogP contribution in [0.15, 0.2) is 41.7 Å². The number of halogens is 2.